The van der Waals surface area contributed by atoms with Gasteiger partial charge in [0.15, 0.2) is 0 Å². The average Bonchev–Trinajstić information content (AvgIpc) is 2.81. The van der Waals surface area contributed by atoms with Gasteiger partial charge < -0.3 is 0 Å². The SMILES string of the molecule is C1=CC2CC1C(c1ccccc1)C21CC1. The van der Waals surface area contributed by atoms with Crippen molar-refractivity contribution in [3.05, 3.63) is 48.0 Å². The fourth-order valence-corrected chi connectivity index (χ4v) is 4.12. The van der Waals surface area contributed by atoms with Crippen LogP contribution >= 0.6 is 0 Å². The molecule has 0 N–H and O–H groups in total. The molecule has 15 heavy (non-hydrogen) atoms. The molecule has 2 saturated carbocycles. The highest BCUT2D eigenvalue weighted by Gasteiger charge is 2.62. The standard InChI is InChI=1S/C15H16/c1-2-4-11(5-3-1)14-12-6-7-13(10-12)15(14)8-9-15/h1-7,12-14H,8-10H2. The molecule has 3 atom stereocenters. The molecular formula is C15H16. The molecule has 0 amide bonds. The number of benzene rings is 1. The third kappa shape index (κ3) is 0.928. The molecule has 76 valence electrons. The van der Waals surface area contributed by atoms with Gasteiger partial charge in [-0.3, -0.25) is 0 Å². The Hall–Kier alpha value is -1.04. The Balaban J connectivity index is 1.81. The molecule has 0 nitrogen and oxygen atoms in total. The van der Waals surface area contributed by atoms with Crippen LogP contribution in [-0.4, -0.2) is 0 Å². The second-order valence-electron chi connectivity index (χ2n) is 5.51. The molecule has 0 aromatic heterocycles. The van der Waals surface area contributed by atoms with E-state index in [1.165, 1.54) is 19.3 Å². The lowest BCUT2D eigenvalue weighted by atomic mass is 9.76. The summed E-state index contributed by atoms with van der Waals surface area (Å²) in [5, 5.41) is 0. The maximum atomic E-state index is 2.50. The van der Waals surface area contributed by atoms with Crippen molar-refractivity contribution in [1.29, 1.82) is 0 Å². The Morgan fingerprint density at radius 1 is 1.00 bits per heavy atom. The fraction of sp³-hybridized carbons (Fsp3) is 0.467. The van der Waals surface area contributed by atoms with E-state index in [-0.39, 0.29) is 0 Å². The van der Waals surface area contributed by atoms with Gasteiger partial charge in [-0.15, -0.1) is 0 Å². The zero-order valence-electron chi connectivity index (χ0n) is 8.89. The van der Waals surface area contributed by atoms with E-state index >= 15 is 0 Å². The van der Waals surface area contributed by atoms with Crippen molar-refractivity contribution in [3.63, 3.8) is 0 Å². The van der Waals surface area contributed by atoms with Crippen molar-refractivity contribution in [2.45, 2.75) is 25.2 Å². The molecule has 2 fully saturated rings. The minimum absolute atomic E-state index is 0.695. The molecule has 0 radical (unpaired) electrons. The average molecular weight is 196 g/mol. The van der Waals surface area contributed by atoms with Crippen LogP contribution in [0.3, 0.4) is 0 Å². The first-order valence-electron chi connectivity index (χ1n) is 6.13. The van der Waals surface area contributed by atoms with Crippen LogP contribution in [0.4, 0.5) is 0 Å². The highest BCUT2D eigenvalue weighted by Crippen LogP contribution is 2.72. The van der Waals surface area contributed by atoms with Crippen LogP contribution in [0.25, 0.3) is 0 Å². The maximum absolute atomic E-state index is 2.50. The third-order valence-electron chi connectivity index (χ3n) is 4.89. The predicted octanol–water partition coefficient (Wildman–Crippen LogP) is 3.76. The van der Waals surface area contributed by atoms with E-state index < -0.39 is 0 Å². The summed E-state index contributed by atoms with van der Waals surface area (Å²) < 4.78 is 0. The van der Waals surface area contributed by atoms with Gasteiger partial charge in [-0.05, 0) is 48.0 Å². The lowest BCUT2D eigenvalue weighted by Gasteiger charge is -2.28. The third-order valence-corrected chi connectivity index (χ3v) is 4.89. The predicted molar refractivity (Wildman–Crippen MR) is 61.6 cm³/mol. The molecule has 0 heterocycles. The quantitative estimate of drug-likeness (QED) is 0.600. The van der Waals surface area contributed by atoms with Gasteiger partial charge in [0.25, 0.3) is 0 Å². The van der Waals surface area contributed by atoms with Gasteiger partial charge in [0.05, 0.1) is 0 Å². The van der Waals surface area contributed by atoms with Crippen molar-refractivity contribution in [1.82, 2.24) is 0 Å². The molecule has 0 saturated heterocycles. The highest BCUT2D eigenvalue weighted by molar-refractivity contribution is 5.35. The minimum Gasteiger partial charge on any atom is -0.0845 e. The molecule has 2 bridgehead atoms. The van der Waals surface area contributed by atoms with Gasteiger partial charge in [-0.25, -0.2) is 0 Å². The number of hydrogen-bond donors (Lipinski definition) is 0. The van der Waals surface area contributed by atoms with Crippen LogP contribution in [0.5, 0.6) is 0 Å². The molecule has 1 aromatic carbocycles. The molecule has 1 spiro atoms. The summed E-state index contributed by atoms with van der Waals surface area (Å²) in [6, 6.07) is 11.2. The summed E-state index contributed by atoms with van der Waals surface area (Å²) >= 11 is 0. The van der Waals surface area contributed by atoms with E-state index in [0.717, 1.165) is 17.8 Å². The fourth-order valence-electron chi connectivity index (χ4n) is 4.12. The topological polar surface area (TPSA) is 0 Å². The van der Waals surface area contributed by atoms with Crippen molar-refractivity contribution in [2.75, 3.05) is 0 Å². The van der Waals surface area contributed by atoms with Crippen LogP contribution in [0.2, 0.25) is 0 Å². The molecule has 0 heteroatoms. The monoisotopic (exact) mass is 196 g/mol. The number of hydrogen-bond acceptors (Lipinski definition) is 0. The van der Waals surface area contributed by atoms with Crippen LogP contribution in [0.1, 0.15) is 30.7 Å². The van der Waals surface area contributed by atoms with Crippen molar-refractivity contribution >= 4 is 0 Å². The van der Waals surface area contributed by atoms with Gasteiger partial charge in [-0.2, -0.15) is 0 Å². The van der Waals surface area contributed by atoms with Gasteiger partial charge in [0, 0.05) is 0 Å². The van der Waals surface area contributed by atoms with Crippen LogP contribution in [0.15, 0.2) is 42.5 Å². The van der Waals surface area contributed by atoms with Gasteiger partial charge >= 0.3 is 0 Å². The van der Waals surface area contributed by atoms with Crippen molar-refractivity contribution in [2.24, 2.45) is 17.3 Å². The number of rotatable bonds is 1. The molecule has 1 aromatic rings. The number of fused-ring (bicyclic) bond motifs is 3. The summed E-state index contributed by atoms with van der Waals surface area (Å²) in [5.41, 5.74) is 2.28. The molecule has 3 aliphatic carbocycles. The van der Waals surface area contributed by atoms with Crippen LogP contribution in [0, 0.1) is 17.3 Å². The molecule has 0 aliphatic heterocycles. The first-order valence-corrected chi connectivity index (χ1v) is 6.13. The first-order chi connectivity index (χ1) is 7.40. The van der Waals surface area contributed by atoms with E-state index in [1.54, 1.807) is 5.56 Å². The van der Waals surface area contributed by atoms with Gasteiger partial charge in [0.1, 0.15) is 0 Å². The Morgan fingerprint density at radius 3 is 2.53 bits per heavy atom. The Labute approximate surface area is 91.0 Å². The second kappa shape index (κ2) is 2.55. The lowest BCUT2D eigenvalue weighted by molar-refractivity contribution is 0.369. The smallest absolute Gasteiger partial charge is 0.00366 e. The van der Waals surface area contributed by atoms with E-state index in [2.05, 4.69) is 42.5 Å². The van der Waals surface area contributed by atoms with Crippen molar-refractivity contribution in [3.8, 4) is 0 Å². The summed E-state index contributed by atoms with van der Waals surface area (Å²) in [5.74, 6) is 2.60. The van der Waals surface area contributed by atoms with E-state index in [9.17, 15) is 0 Å². The van der Waals surface area contributed by atoms with Gasteiger partial charge in [0.2, 0.25) is 0 Å². The Bertz CT molecular complexity index is 411. The summed E-state index contributed by atoms with van der Waals surface area (Å²) in [6.45, 7) is 0. The zero-order valence-corrected chi connectivity index (χ0v) is 8.89. The van der Waals surface area contributed by atoms with Crippen LogP contribution < -0.4 is 0 Å². The van der Waals surface area contributed by atoms with Gasteiger partial charge in [-0.1, -0.05) is 42.5 Å². The first kappa shape index (κ1) is 8.15. The van der Waals surface area contributed by atoms with E-state index in [0.29, 0.717) is 5.41 Å². The summed E-state index contributed by atoms with van der Waals surface area (Å²) in [4.78, 5) is 0. The zero-order chi connectivity index (χ0) is 9.88. The second-order valence-corrected chi connectivity index (χ2v) is 5.51. The lowest BCUT2D eigenvalue weighted by Crippen LogP contribution is -2.18. The normalized spacial score (nSPS) is 38.8. The van der Waals surface area contributed by atoms with E-state index in [1.807, 2.05) is 0 Å². The van der Waals surface area contributed by atoms with Crippen LogP contribution in [-0.2, 0) is 0 Å². The maximum Gasteiger partial charge on any atom is -0.00366 e. The summed E-state index contributed by atoms with van der Waals surface area (Å²) in [7, 11) is 0. The molecule has 3 unspecified atom stereocenters. The number of allylic oxidation sites excluding steroid dienone is 2. The van der Waals surface area contributed by atoms with Crippen molar-refractivity contribution < 1.29 is 0 Å². The highest BCUT2D eigenvalue weighted by atomic mass is 14.7. The summed E-state index contributed by atoms with van der Waals surface area (Å²) in [6.07, 6.45) is 9.35. The molecule has 3 aliphatic rings. The molecule has 4 rings (SSSR count). The minimum atomic E-state index is 0.695. The van der Waals surface area contributed by atoms with E-state index in [4.69, 9.17) is 0 Å². The largest absolute Gasteiger partial charge is 0.0845 e. The Kier molecular flexibility index (Phi) is 1.39. The molecular weight excluding hydrogens is 180 g/mol. The Morgan fingerprint density at radius 2 is 1.80 bits per heavy atom.